The maximum absolute atomic E-state index is 13.1. The van der Waals surface area contributed by atoms with E-state index in [1.807, 2.05) is 13.0 Å². The fourth-order valence-electron chi connectivity index (χ4n) is 3.91. The molecule has 0 spiro atoms. The van der Waals surface area contributed by atoms with E-state index in [0.717, 1.165) is 0 Å². The lowest BCUT2D eigenvalue weighted by Crippen LogP contribution is -2.22. The minimum Gasteiger partial charge on any atom is -0.490 e. The number of carbonyl (C=O) groups is 3. The third-order valence-electron chi connectivity index (χ3n) is 5.85. The van der Waals surface area contributed by atoms with Crippen molar-refractivity contribution in [2.24, 2.45) is 5.10 Å². The van der Waals surface area contributed by atoms with Crippen LogP contribution in [0.1, 0.15) is 35.3 Å². The largest absolute Gasteiger partial charge is 0.490 e. The lowest BCUT2D eigenvalue weighted by Gasteiger charge is -2.14. The van der Waals surface area contributed by atoms with Gasteiger partial charge in [0.1, 0.15) is 0 Å². The topological polar surface area (TPSA) is 130 Å². The molecule has 0 saturated heterocycles. The molecule has 202 valence electrons. The molecule has 2 amide bonds. The Bertz CT molecular complexity index is 1550. The van der Waals surface area contributed by atoms with Crippen molar-refractivity contribution in [2.75, 3.05) is 30.6 Å². The number of nitrogens with one attached hydrogen (secondary N) is 1. The molecule has 3 aromatic carbocycles. The molecule has 0 aliphatic carbocycles. The number of nitriles is 1. The van der Waals surface area contributed by atoms with Crippen LogP contribution in [0.3, 0.4) is 0 Å². The van der Waals surface area contributed by atoms with E-state index in [1.165, 1.54) is 12.1 Å². The van der Waals surface area contributed by atoms with Gasteiger partial charge in [-0.1, -0.05) is 18.2 Å². The molecule has 1 aliphatic rings. The van der Waals surface area contributed by atoms with Crippen molar-refractivity contribution < 1.29 is 28.6 Å². The molecule has 0 unspecified atom stereocenters. The second-order valence-corrected chi connectivity index (χ2v) is 8.53. The molecule has 3 aromatic rings. The zero-order chi connectivity index (χ0) is 28.6. The maximum atomic E-state index is 13.1. The molecular weight excluding hydrogens is 512 g/mol. The van der Waals surface area contributed by atoms with Crippen LogP contribution >= 0.6 is 0 Å². The fraction of sp³-hybridized carbons (Fsp3) is 0.167. The van der Waals surface area contributed by atoms with E-state index in [0.29, 0.717) is 51.9 Å². The van der Waals surface area contributed by atoms with E-state index in [9.17, 15) is 14.4 Å². The van der Waals surface area contributed by atoms with E-state index in [2.05, 4.69) is 10.4 Å². The molecule has 0 fully saturated rings. The number of hydrogen-bond acceptors (Lipinski definition) is 8. The van der Waals surface area contributed by atoms with Gasteiger partial charge in [0.25, 0.3) is 11.8 Å². The Morgan fingerprint density at radius 2 is 1.80 bits per heavy atom. The number of carbonyl (C=O) groups excluding carboxylic acids is 3. The van der Waals surface area contributed by atoms with Gasteiger partial charge >= 0.3 is 5.97 Å². The summed E-state index contributed by atoms with van der Waals surface area (Å²) in [5.74, 6) is -0.617. The highest BCUT2D eigenvalue weighted by Gasteiger charge is 2.28. The predicted molar refractivity (Wildman–Crippen MR) is 149 cm³/mol. The Labute approximate surface area is 231 Å². The third-order valence-corrected chi connectivity index (χ3v) is 5.85. The van der Waals surface area contributed by atoms with E-state index in [4.69, 9.17) is 19.5 Å². The van der Waals surface area contributed by atoms with Gasteiger partial charge in [0.05, 0.1) is 53.6 Å². The number of hydrogen-bond donors (Lipinski definition) is 1. The number of nitrogens with zero attached hydrogens (tertiary/aromatic N) is 3. The molecule has 10 nitrogen and oxygen atoms in total. The summed E-state index contributed by atoms with van der Waals surface area (Å²) in [6.45, 7) is 3.57. The van der Waals surface area contributed by atoms with E-state index >= 15 is 0 Å². The van der Waals surface area contributed by atoms with Gasteiger partial charge in [0.2, 0.25) is 0 Å². The molecule has 10 heteroatoms. The SMILES string of the molecule is CCOc1cc(C=C2C(=O)N(c3ccc(C#N)cc3)N=C2C)ccc1OCC(=O)Nc1ccccc1C(=O)OC. The number of methoxy groups -OCH3 is 1. The zero-order valence-electron chi connectivity index (χ0n) is 22.1. The van der Waals surface area contributed by atoms with Crippen molar-refractivity contribution in [3.8, 4) is 17.6 Å². The summed E-state index contributed by atoms with van der Waals surface area (Å²) in [7, 11) is 1.26. The van der Waals surface area contributed by atoms with Gasteiger partial charge in [-0.05, 0) is 74.0 Å². The molecular formula is C30H26N4O6. The van der Waals surface area contributed by atoms with Crippen molar-refractivity contribution in [3.05, 3.63) is 89.0 Å². The Balaban J connectivity index is 1.48. The highest BCUT2D eigenvalue weighted by atomic mass is 16.5. The number of esters is 1. The first-order valence-electron chi connectivity index (χ1n) is 12.3. The van der Waals surface area contributed by atoms with Crippen molar-refractivity contribution in [3.63, 3.8) is 0 Å². The van der Waals surface area contributed by atoms with Crippen LogP contribution in [0.2, 0.25) is 0 Å². The van der Waals surface area contributed by atoms with Crippen LogP contribution < -0.4 is 19.8 Å². The van der Waals surface area contributed by atoms with Gasteiger partial charge in [-0.2, -0.15) is 15.4 Å². The van der Waals surface area contributed by atoms with Crippen molar-refractivity contribution in [1.82, 2.24) is 0 Å². The number of benzene rings is 3. The average Bonchev–Trinajstić information content (AvgIpc) is 3.25. The van der Waals surface area contributed by atoms with Gasteiger partial charge in [0, 0.05) is 0 Å². The summed E-state index contributed by atoms with van der Waals surface area (Å²) in [5, 5.41) is 17.3. The molecule has 1 aliphatic heterocycles. The third kappa shape index (κ3) is 6.16. The molecule has 0 saturated carbocycles. The van der Waals surface area contributed by atoms with Gasteiger partial charge in [-0.15, -0.1) is 0 Å². The summed E-state index contributed by atoms with van der Waals surface area (Å²) in [6, 6.07) is 20.2. The van der Waals surface area contributed by atoms with Crippen LogP contribution in [0.4, 0.5) is 11.4 Å². The number of para-hydroxylation sites is 1. The van der Waals surface area contributed by atoms with Gasteiger partial charge in [0.15, 0.2) is 18.1 Å². The van der Waals surface area contributed by atoms with Crippen molar-refractivity contribution in [2.45, 2.75) is 13.8 Å². The second-order valence-electron chi connectivity index (χ2n) is 8.53. The molecule has 0 bridgehead atoms. The molecule has 1 heterocycles. The van der Waals surface area contributed by atoms with Crippen LogP contribution in [-0.2, 0) is 14.3 Å². The molecule has 40 heavy (non-hydrogen) atoms. The second kappa shape index (κ2) is 12.4. The summed E-state index contributed by atoms with van der Waals surface area (Å²) >= 11 is 0. The summed E-state index contributed by atoms with van der Waals surface area (Å²) in [4.78, 5) is 37.6. The lowest BCUT2D eigenvalue weighted by atomic mass is 10.1. The van der Waals surface area contributed by atoms with Crippen molar-refractivity contribution in [1.29, 1.82) is 5.26 Å². The Morgan fingerprint density at radius 1 is 1.05 bits per heavy atom. The highest BCUT2D eigenvalue weighted by molar-refractivity contribution is 6.32. The number of rotatable bonds is 9. The van der Waals surface area contributed by atoms with E-state index in [1.54, 1.807) is 79.7 Å². The Hall–Kier alpha value is -5.43. The van der Waals surface area contributed by atoms with Gasteiger partial charge < -0.3 is 19.5 Å². The van der Waals surface area contributed by atoms with Gasteiger partial charge in [-0.3, -0.25) is 9.59 Å². The summed E-state index contributed by atoms with van der Waals surface area (Å²) < 4.78 is 16.2. The summed E-state index contributed by atoms with van der Waals surface area (Å²) in [5.41, 5.74) is 3.19. The van der Waals surface area contributed by atoms with E-state index < -0.39 is 11.9 Å². The van der Waals surface area contributed by atoms with Crippen molar-refractivity contribution >= 4 is 40.9 Å². The zero-order valence-corrected chi connectivity index (χ0v) is 22.1. The first kappa shape index (κ1) is 27.6. The summed E-state index contributed by atoms with van der Waals surface area (Å²) in [6.07, 6.45) is 1.70. The molecule has 0 aromatic heterocycles. The normalized spacial score (nSPS) is 13.4. The number of ether oxygens (including phenoxy) is 3. The molecule has 0 atom stereocenters. The maximum Gasteiger partial charge on any atom is 0.339 e. The monoisotopic (exact) mass is 538 g/mol. The van der Waals surface area contributed by atoms with Crippen LogP contribution in [0.25, 0.3) is 6.08 Å². The minimum absolute atomic E-state index is 0.226. The first-order valence-corrected chi connectivity index (χ1v) is 12.3. The standard InChI is InChI=1S/C30H26N4O6/c1-4-39-27-16-21(15-24-19(2)33-34(29(24)36)22-12-9-20(17-31)10-13-22)11-14-26(27)40-18-28(35)32-25-8-6-5-7-23(25)30(37)38-3/h5-16H,4,18H2,1-3H3,(H,32,35). The Kier molecular flexibility index (Phi) is 8.56. The molecule has 0 radical (unpaired) electrons. The molecule has 4 rings (SSSR count). The average molecular weight is 539 g/mol. The smallest absolute Gasteiger partial charge is 0.339 e. The quantitative estimate of drug-likeness (QED) is 0.312. The lowest BCUT2D eigenvalue weighted by molar-refractivity contribution is -0.118. The minimum atomic E-state index is -0.568. The number of anilines is 2. The van der Waals surface area contributed by atoms with Crippen LogP contribution in [0.15, 0.2) is 77.4 Å². The van der Waals surface area contributed by atoms with Crippen LogP contribution in [0.5, 0.6) is 11.5 Å². The van der Waals surface area contributed by atoms with E-state index in [-0.39, 0.29) is 18.1 Å². The first-order chi connectivity index (χ1) is 19.3. The number of hydrazone groups is 1. The fourth-order valence-corrected chi connectivity index (χ4v) is 3.91. The number of amides is 2. The van der Waals surface area contributed by atoms with Crippen LogP contribution in [0, 0.1) is 11.3 Å². The highest BCUT2D eigenvalue weighted by Crippen LogP contribution is 2.31. The van der Waals surface area contributed by atoms with Crippen LogP contribution in [-0.4, -0.2) is 43.8 Å². The predicted octanol–water partition coefficient (Wildman–Crippen LogP) is 4.57. The Morgan fingerprint density at radius 3 is 2.50 bits per heavy atom. The van der Waals surface area contributed by atoms with Gasteiger partial charge in [-0.25, -0.2) is 4.79 Å². The molecule has 1 N–H and O–H groups in total.